The maximum atomic E-state index is 10.1. The number of aliphatic hydroxyl groups is 1. The van der Waals surface area contributed by atoms with Crippen LogP contribution in [0.5, 0.6) is 5.75 Å². The Balaban J connectivity index is 1.95. The number of pyridine rings is 1. The van der Waals surface area contributed by atoms with Crippen LogP contribution in [-0.2, 0) is 12.8 Å². The molecule has 2 aromatic carbocycles. The molecule has 0 aliphatic carbocycles. The smallest absolute Gasteiger partial charge is 0.119 e. The predicted octanol–water partition coefficient (Wildman–Crippen LogP) is 3.07. The molecule has 3 heteroatoms. The third-order valence-corrected chi connectivity index (χ3v) is 3.66. The molecule has 0 saturated carbocycles. The molecule has 1 aromatic heterocycles. The number of phenolic OH excluding ortho intramolecular Hbond substituents is 1. The Bertz CT molecular complexity index is 763. The van der Waals surface area contributed by atoms with E-state index in [2.05, 4.69) is 17.1 Å². The molecule has 0 radical (unpaired) electrons. The molecule has 0 bridgehead atoms. The van der Waals surface area contributed by atoms with E-state index in [9.17, 15) is 5.11 Å². The molecule has 0 saturated heterocycles. The molecule has 0 aliphatic rings. The lowest BCUT2D eigenvalue weighted by Crippen LogP contribution is -1.96. The average molecular weight is 279 g/mol. The van der Waals surface area contributed by atoms with Crippen molar-refractivity contribution in [2.24, 2.45) is 0 Å². The van der Waals surface area contributed by atoms with Gasteiger partial charge in [0.25, 0.3) is 0 Å². The van der Waals surface area contributed by atoms with Crippen LogP contribution in [0.25, 0.3) is 10.8 Å². The number of nitrogens with zero attached hydrogens (tertiary/aromatic N) is 1. The third-order valence-electron chi connectivity index (χ3n) is 3.66. The van der Waals surface area contributed by atoms with Crippen LogP contribution in [0, 0.1) is 0 Å². The summed E-state index contributed by atoms with van der Waals surface area (Å²) < 4.78 is 0. The van der Waals surface area contributed by atoms with E-state index < -0.39 is 0 Å². The van der Waals surface area contributed by atoms with Crippen molar-refractivity contribution in [3.05, 3.63) is 71.5 Å². The molecular weight excluding hydrogens is 262 g/mol. The number of hydrogen-bond acceptors (Lipinski definition) is 3. The van der Waals surface area contributed by atoms with Crippen LogP contribution in [0.1, 0.15) is 16.8 Å². The zero-order valence-electron chi connectivity index (χ0n) is 11.7. The lowest BCUT2D eigenvalue weighted by Gasteiger charge is -2.09. The maximum absolute atomic E-state index is 10.1. The second kappa shape index (κ2) is 5.94. The minimum atomic E-state index is 0.0870. The van der Waals surface area contributed by atoms with E-state index in [1.807, 2.05) is 30.3 Å². The van der Waals surface area contributed by atoms with E-state index in [-0.39, 0.29) is 12.4 Å². The Morgan fingerprint density at radius 2 is 1.86 bits per heavy atom. The quantitative estimate of drug-likeness (QED) is 0.771. The Hall–Kier alpha value is -2.39. The van der Waals surface area contributed by atoms with Gasteiger partial charge in [0, 0.05) is 24.6 Å². The van der Waals surface area contributed by atoms with Crippen molar-refractivity contribution in [3.8, 4) is 5.75 Å². The minimum absolute atomic E-state index is 0.0870. The Morgan fingerprint density at radius 1 is 1.00 bits per heavy atom. The molecule has 0 atom stereocenters. The number of fused-ring (bicyclic) bond motifs is 1. The first kappa shape index (κ1) is 13.6. The number of aromatic hydroxyl groups is 1. The van der Waals surface area contributed by atoms with E-state index in [0.29, 0.717) is 12.8 Å². The van der Waals surface area contributed by atoms with Gasteiger partial charge in [0.15, 0.2) is 0 Å². The molecule has 3 aromatic rings. The summed E-state index contributed by atoms with van der Waals surface area (Å²) in [6, 6.07) is 15.7. The third kappa shape index (κ3) is 2.88. The molecule has 3 rings (SSSR count). The average Bonchev–Trinajstić information content (AvgIpc) is 2.51. The maximum Gasteiger partial charge on any atom is 0.119 e. The summed E-state index contributed by atoms with van der Waals surface area (Å²) >= 11 is 0. The summed E-state index contributed by atoms with van der Waals surface area (Å²) in [6.45, 7) is 0.0870. The van der Waals surface area contributed by atoms with Gasteiger partial charge in [0.05, 0.1) is 5.69 Å². The van der Waals surface area contributed by atoms with Crippen molar-refractivity contribution in [3.63, 3.8) is 0 Å². The second-order valence-corrected chi connectivity index (χ2v) is 5.09. The Morgan fingerprint density at radius 3 is 2.67 bits per heavy atom. The van der Waals surface area contributed by atoms with E-state index in [1.54, 1.807) is 12.3 Å². The summed E-state index contributed by atoms with van der Waals surface area (Å²) in [4.78, 5) is 4.45. The van der Waals surface area contributed by atoms with Crippen LogP contribution in [0.2, 0.25) is 0 Å². The zero-order chi connectivity index (χ0) is 14.7. The van der Waals surface area contributed by atoms with Crippen LogP contribution in [0.15, 0.2) is 54.7 Å². The Labute approximate surface area is 123 Å². The topological polar surface area (TPSA) is 53.4 Å². The van der Waals surface area contributed by atoms with Gasteiger partial charge in [-0.2, -0.15) is 0 Å². The van der Waals surface area contributed by atoms with Crippen molar-refractivity contribution in [2.75, 3.05) is 6.61 Å². The summed E-state index contributed by atoms with van der Waals surface area (Å²) in [5, 5.41) is 21.3. The van der Waals surface area contributed by atoms with Crippen LogP contribution in [-0.4, -0.2) is 21.8 Å². The van der Waals surface area contributed by atoms with Gasteiger partial charge in [-0.1, -0.05) is 36.4 Å². The van der Waals surface area contributed by atoms with E-state index >= 15 is 0 Å². The summed E-state index contributed by atoms with van der Waals surface area (Å²) in [5.41, 5.74) is 2.74. The van der Waals surface area contributed by atoms with Gasteiger partial charge in [-0.25, -0.2) is 0 Å². The second-order valence-electron chi connectivity index (χ2n) is 5.09. The highest BCUT2D eigenvalue weighted by Crippen LogP contribution is 2.25. The highest BCUT2D eigenvalue weighted by molar-refractivity contribution is 5.84. The van der Waals surface area contributed by atoms with Crippen LogP contribution >= 0.6 is 0 Å². The van der Waals surface area contributed by atoms with Gasteiger partial charge < -0.3 is 10.2 Å². The number of benzene rings is 2. The largest absolute Gasteiger partial charge is 0.508 e. The predicted molar refractivity (Wildman–Crippen MR) is 83.4 cm³/mol. The monoisotopic (exact) mass is 279 g/mol. The number of hydrogen-bond donors (Lipinski definition) is 2. The van der Waals surface area contributed by atoms with Crippen molar-refractivity contribution < 1.29 is 10.2 Å². The van der Waals surface area contributed by atoms with Crippen LogP contribution in [0.4, 0.5) is 0 Å². The number of phenols is 1. The highest BCUT2D eigenvalue weighted by atomic mass is 16.3. The van der Waals surface area contributed by atoms with E-state index in [1.165, 1.54) is 0 Å². The fourth-order valence-corrected chi connectivity index (χ4v) is 2.55. The highest BCUT2D eigenvalue weighted by Gasteiger charge is 2.07. The van der Waals surface area contributed by atoms with E-state index in [0.717, 1.165) is 27.6 Å². The standard InChI is InChI=1S/C18H17NO2/c20-10-8-13-5-6-15(18(21)11-13)12-17-16-4-2-1-3-14(16)7-9-19-17/h1-7,9,11,20-21H,8,10,12H2. The fourth-order valence-electron chi connectivity index (χ4n) is 2.55. The van der Waals surface area contributed by atoms with Gasteiger partial charge in [0.2, 0.25) is 0 Å². The van der Waals surface area contributed by atoms with Crippen LogP contribution < -0.4 is 0 Å². The van der Waals surface area contributed by atoms with Crippen molar-refractivity contribution in [1.82, 2.24) is 4.98 Å². The zero-order valence-corrected chi connectivity index (χ0v) is 11.7. The van der Waals surface area contributed by atoms with Crippen molar-refractivity contribution in [1.29, 1.82) is 0 Å². The molecule has 0 spiro atoms. The number of aromatic nitrogens is 1. The lowest BCUT2D eigenvalue weighted by molar-refractivity contribution is 0.299. The van der Waals surface area contributed by atoms with Gasteiger partial charge in [-0.15, -0.1) is 0 Å². The number of rotatable bonds is 4. The summed E-state index contributed by atoms with van der Waals surface area (Å²) in [7, 11) is 0. The molecular formula is C18H17NO2. The summed E-state index contributed by atoms with van der Waals surface area (Å²) in [5.74, 6) is 0.260. The van der Waals surface area contributed by atoms with Gasteiger partial charge in [0.1, 0.15) is 5.75 Å². The van der Waals surface area contributed by atoms with Crippen molar-refractivity contribution >= 4 is 10.8 Å². The molecule has 21 heavy (non-hydrogen) atoms. The molecule has 0 fully saturated rings. The molecule has 3 nitrogen and oxygen atoms in total. The van der Waals surface area contributed by atoms with Gasteiger partial charge in [-0.05, 0) is 35.1 Å². The van der Waals surface area contributed by atoms with E-state index in [4.69, 9.17) is 5.11 Å². The van der Waals surface area contributed by atoms with Crippen molar-refractivity contribution in [2.45, 2.75) is 12.8 Å². The lowest BCUT2D eigenvalue weighted by atomic mass is 10.0. The molecule has 0 unspecified atom stereocenters. The first-order chi connectivity index (χ1) is 10.3. The molecule has 2 N–H and O–H groups in total. The normalized spacial score (nSPS) is 10.9. The SMILES string of the molecule is OCCc1ccc(Cc2nccc3ccccc23)c(O)c1. The summed E-state index contributed by atoms with van der Waals surface area (Å²) in [6.07, 6.45) is 2.95. The first-order valence-corrected chi connectivity index (χ1v) is 7.02. The van der Waals surface area contributed by atoms with Gasteiger partial charge >= 0.3 is 0 Å². The first-order valence-electron chi connectivity index (χ1n) is 7.02. The molecule has 0 aliphatic heterocycles. The molecule has 106 valence electrons. The fraction of sp³-hybridized carbons (Fsp3) is 0.167. The molecule has 0 amide bonds. The minimum Gasteiger partial charge on any atom is -0.508 e. The Kier molecular flexibility index (Phi) is 3.84. The van der Waals surface area contributed by atoms with Crippen LogP contribution in [0.3, 0.4) is 0 Å². The van der Waals surface area contributed by atoms with Gasteiger partial charge in [-0.3, -0.25) is 4.98 Å². The molecule has 1 heterocycles. The number of aliphatic hydroxyl groups excluding tert-OH is 1.